The van der Waals surface area contributed by atoms with Crippen LogP contribution in [-0.4, -0.2) is 17.8 Å². The molecule has 0 aromatic heterocycles. The van der Waals surface area contributed by atoms with Crippen LogP contribution in [0.2, 0.25) is 0 Å². The van der Waals surface area contributed by atoms with Crippen molar-refractivity contribution in [2.24, 2.45) is 5.92 Å². The van der Waals surface area contributed by atoms with Gasteiger partial charge in [0.1, 0.15) is 0 Å². The summed E-state index contributed by atoms with van der Waals surface area (Å²) < 4.78 is 6.40. The quantitative estimate of drug-likeness (QED) is 0.802. The third kappa shape index (κ3) is 3.15. The largest absolute Gasteiger partial charge is 0.394 e. The highest BCUT2D eigenvalue weighted by atomic mass is 16.5. The molecule has 1 saturated heterocycles. The van der Waals surface area contributed by atoms with Gasteiger partial charge in [-0.15, -0.1) is 0 Å². The molecule has 0 amide bonds. The van der Waals surface area contributed by atoms with Crippen LogP contribution in [0.3, 0.4) is 0 Å². The van der Waals surface area contributed by atoms with Gasteiger partial charge in [-0.2, -0.15) is 0 Å². The second-order valence-electron chi connectivity index (χ2n) is 8.69. The molecule has 26 heavy (non-hydrogen) atoms. The first-order valence-electron chi connectivity index (χ1n) is 9.69. The SMILES string of the molecule is CC(C)(C)c1ccc2c(c1)[C@@H]1O[C@@H](CO)CC[C@@H]1[C@@H](c1ccccc1)N2. The van der Waals surface area contributed by atoms with E-state index in [1.807, 2.05) is 0 Å². The molecule has 0 spiro atoms. The number of anilines is 1. The molecule has 3 heteroatoms. The number of aliphatic hydroxyl groups is 1. The van der Waals surface area contributed by atoms with Gasteiger partial charge in [-0.25, -0.2) is 0 Å². The fraction of sp³-hybridized carbons (Fsp3) is 0.478. The van der Waals surface area contributed by atoms with Crippen molar-refractivity contribution in [1.82, 2.24) is 0 Å². The Bertz CT molecular complexity index is 766. The molecule has 0 unspecified atom stereocenters. The fourth-order valence-electron chi connectivity index (χ4n) is 4.35. The number of fused-ring (bicyclic) bond motifs is 3. The van der Waals surface area contributed by atoms with E-state index in [0.29, 0.717) is 5.92 Å². The predicted molar refractivity (Wildman–Crippen MR) is 105 cm³/mol. The first-order chi connectivity index (χ1) is 12.5. The van der Waals surface area contributed by atoms with E-state index in [1.54, 1.807) is 0 Å². The number of rotatable bonds is 2. The Morgan fingerprint density at radius 3 is 2.54 bits per heavy atom. The molecule has 1 fully saturated rings. The molecule has 2 heterocycles. The van der Waals surface area contributed by atoms with Crippen molar-refractivity contribution in [2.45, 2.75) is 57.3 Å². The Kier molecular flexibility index (Phi) is 4.54. The maximum Gasteiger partial charge on any atom is 0.0900 e. The van der Waals surface area contributed by atoms with Crippen molar-refractivity contribution in [3.8, 4) is 0 Å². The van der Waals surface area contributed by atoms with Crippen molar-refractivity contribution < 1.29 is 9.84 Å². The third-order valence-corrected chi connectivity index (χ3v) is 5.88. The molecule has 0 saturated carbocycles. The van der Waals surface area contributed by atoms with Gasteiger partial charge in [-0.3, -0.25) is 0 Å². The monoisotopic (exact) mass is 351 g/mol. The van der Waals surface area contributed by atoms with Crippen molar-refractivity contribution in [2.75, 3.05) is 11.9 Å². The number of hydrogen-bond acceptors (Lipinski definition) is 3. The minimum absolute atomic E-state index is 0.0321. The molecule has 4 atom stereocenters. The van der Waals surface area contributed by atoms with Crippen LogP contribution < -0.4 is 5.32 Å². The lowest BCUT2D eigenvalue weighted by atomic mass is 9.75. The molecule has 0 radical (unpaired) electrons. The minimum Gasteiger partial charge on any atom is -0.394 e. The average Bonchev–Trinajstić information content (AvgIpc) is 2.66. The molecule has 2 aromatic rings. The van der Waals surface area contributed by atoms with Crippen LogP contribution in [0.5, 0.6) is 0 Å². The van der Waals surface area contributed by atoms with Crippen LogP contribution in [0.25, 0.3) is 0 Å². The zero-order valence-corrected chi connectivity index (χ0v) is 15.9. The second kappa shape index (κ2) is 6.71. The molecule has 2 N–H and O–H groups in total. The van der Waals surface area contributed by atoms with E-state index in [1.165, 1.54) is 16.7 Å². The summed E-state index contributed by atoms with van der Waals surface area (Å²) >= 11 is 0. The molecular formula is C23H29NO2. The van der Waals surface area contributed by atoms with Gasteiger partial charge in [0, 0.05) is 17.2 Å². The van der Waals surface area contributed by atoms with Crippen LogP contribution in [0.1, 0.15) is 62.4 Å². The van der Waals surface area contributed by atoms with Crippen LogP contribution in [-0.2, 0) is 10.2 Å². The summed E-state index contributed by atoms with van der Waals surface area (Å²) in [6.45, 7) is 6.83. The predicted octanol–water partition coefficient (Wildman–Crippen LogP) is 4.98. The summed E-state index contributed by atoms with van der Waals surface area (Å²) in [7, 11) is 0. The Morgan fingerprint density at radius 1 is 1.08 bits per heavy atom. The lowest BCUT2D eigenvalue weighted by Crippen LogP contribution is -2.40. The Labute approximate surface area is 156 Å². The molecular weight excluding hydrogens is 322 g/mol. The molecule has 3 nitrogen and oxygen atoms in total. The van der Waals surface area contributed by atoms with Crippen molar-refractivity contribution in [3.63, 3.8) is 0 Å². The minimum atomic E-state index is -0.0584. The zero-order chi connectivity index (χ0) is 18.3. The second-order valence-corrected chi connectivity index (χ2v) is 8.69. The van der Waals surface area contributed by atoms with Gasteiger partial charge < -0.3 is 15.2 Å². The van der Waals surface area contributed by atoms with Crippen LogP contribution in [0.15, 0.2) is 48.5 Å². The molecule has 0 bridgehead atoms. The normalized spacial score (nSPS) is 28.0. The van der Waals surface area contributed by atoms with E-state index < -0.39 is 0 Å². The van der Waals surface area contributed by atoms with Crippen LogP contribution >= 0.6 is 0 Å². The number of nitrogens with one attached hydrogen (secondary N) is 1. The Balaban J connectivity index is 1.77. The highest BCUT2D eigenvalue weighted by Gasteiger charge is 2.42. The van der Waals surface area contributed by atoms with E-state index in [0.717, 1.165) is 18.5 Å². The van der Waals surface area contributed by atoms with Gasteiger partial charge in [0.05, 0.1) is 24.9 Å². The molecule has 0 aliphatic carbocycles. The molecule has 2 aromatic carbocycles. The van der Waals surface area contributed by atoms with E-state index in [4.69, 9.17) is 4.74 Å². The molecule has 4 rings (SSSR count). The molecule has 138 valence electrons. The Morgan fingerprint density at radius 2 is 1.85 bits per heavy atom. The van der Waals surface area contributed by atoms with E-state index in [9.17, 15) is 5.11 Å². The summed E-state index contributed by atoms with van der Waals surface area (Å²) in [6, 6.07) is 17.6. The third-order valence-electron chi connectivity index (χ3n) is 5.88. The van der Waals surface area contributed by atoms with Crippen molar-refractivity contribution in [3.05, 3.63) is 65.2 Å². The molecule has 2 aliphatic heterocycles. The van der Waals surface area contributed by atoms with Gasteiger partial charge in [0.25, 0.3) is 0 Å². The standard InChI is InChI=1S/C23H29NO2/c1-23(2,3)16-9-12-20-19(13-16)22-18(11-10-17(14-25)26-22)21(24-20)15-7-5-4-6-8-15/h4-9,12-13,17-18,21-22,24-25H,10-11,14H2,1-3H3/t17-,18-,21-,22-/m1/s1. The molecule has 2 aliphatic rings. The van der Waals surface area contributed by atoms with E-state index in [2.05, 4.69) is 74.6 Å². The average molecular weight is 351 g/mol. The maximum absolute atomic E-state index is 9.66. The summed E-state index contributed by atoms with van der Waals surface area (Å²) in [5.74, 6) is 0.378. The van der Waals surface area contributed by atoms with Gasteiger partial charge in [-0.1, -0.05) is 63.2 Å². The van der Waals surface area contributed by atoms with Crippen molar-refractivity contribution in [1.29, 1.82) is 0 Å². The fourth-order valence-corrected chi connectivity index (χ4v) is 4.35. The highest BCUT2D eigenvalue weighted by molar-refractivity contribution is 5.59. The zero-order valence-electron chi connectivity index (χ0n) is 15.9. The van der Waals surface area contributed by atoms with Crippen LogP contribution in [0, 0.1) is 5.92 Å². The number of benzene rings is 2. The van der Waals surface area contributed by atoms with E-state index in [-0.39, 0.29) is 30.3 Å². The van der Waals surface area contributed by atoms with Crippen molar-refractivity contribution >= 4 is 5.69 Å². The summed E-state index contributed by atoms with van der Waals surface area (Å²) in [5.41, 5.74) is 5.13. The number of hydrogen-bond donors (Lipinski definition) is 2. The van der Waals surface area contributed by atoms with Gasteiger partial charge in [0.2, 0.25) is 0 Å². The topological polar surface area (TPSA) is 41.5 Å². The lowest BCUT2D eigenvalue weighted by Gasteiger charge is -2.45. The van der Waals surface area contributed by atoms with E-state index >= 15 is 0 Å². The van der Waals surface area contributed by atoms with Gasteiger partial charge in [-0.05, 0) is 35.4 Å². The smallest absolute Gasteiger partial charge is 0.0900 e. The summed E-state index contributed by atoms with van der Waals surface area (Å²) in [5, 5.41) is 13.4. The van der Waals surface area contributed by atoms with Gasteiger partial charge in [0.15, 0.2) is 0 Å². The lowest BCUT2D eigenvalue weighted by molar-refractivity contribution is -0.110. The Hall–Kier alpha value is -1.84. The first-order valence-corrected chi connectivity index (χ1v) is 9.69. The first kappa shape index (κ1) is 17.6. The number of aliphatic hydroxyl groups excluding tert-OH is 1. The number of ether oxygens (including phenoxy) is 1. The maximum atomic E-state index is 9.66. The summed E-state index contributed by atoms with van der Waals surface area (Å²) in [6.07, 6.45) is 1.94. The highest BCUT2D eigenvalue weighted by Crippen LogP contribution is 2.50. The van der Waals surface area contributed by atoms with Gasteiger partial charge >= 0.3 is 0 Å². The summed E-state index contributed by atoms with van der Waals surface area (Å²) in [4.78, 5) is 0. The van der Waals surface area contributed by atoms with Crippen LogP contribution in [0.4, 0.5) is 5.69 Å².